The van der Waals surface area contributed by atoms with Gasteiger partial charge < -0.3 is 19.3 Å². The first kappa shape index (κ1) is 54.5. The lowest BCUT2D eigenvalue weighted by atomic mass is 9.21. The number of ether oxygens (including phenoxy) is 3. The van der Waals surface area contributed by atoms with Crippen molar-refractivity contribution in [2.75, 3.05) is 0 Å². The van der Waals surface area contributed by atoms with Gasteiger partial charge in [0.25, 0.3) is 0 Å². The molecular formula is C51H68O16. The topological polar surface area (TPSA) is 253 Å². The minimum atomic E-state index is -3.35. The van der Waals surface area contributed by atoms with Crippen molar-refractivity contribution in [1.29, 1.82) is 0 Å². The molecule has 0 bridgehead atoms. The first-order valence-electron chi connectivity index (χ1n) is 22.8. The van der Waals surface area contributed by atoms with Crippen molar-refractivity contribution in [3.8, 4) is 0 Å². The summed E-state index contributed by atoms with van der Waals surface area (Å²) >= 11 is 0. The maximum absolute atomic E-state index is 15.4. The van der Waals surface area contributed by atoms with Crippen LogP contribution in [0.5, 0.6) is 0 Å². The van der Waals surface area contributed by atoms with E-state index in [-0.39, 0.29) is 43.3 Å². The molecule has 0 heterocycles. The number of esters is 4. The van der Waals surface area contributed by atoms with Crippen LogP contribution >= 0.6 is 0 Å². The second-order valence-electron chi connectivity index (χ2n) is 20.8. The molecule has 4 saturated carbocycles. The molecular weight excluding hydrogens is 869 g/mol. The van der Waals surface area contributed by atoms with Crippen LogP contribution in [-0.4, -0.2) is 92.6 Å². The van der Waals surface area contributed by atoms with Crippen molar-refractivity contribution < 1.29 is 76.9 Å². The zero-order valence-electron chi connectivity index (χ0n) is 41.9. The van der Waals surface area contributed by atoms with Gasteiger partial charge in [0.2, 0.25) is 5.60 Å². The highest BCUT2D eigenvalue weighted by Crippen LogP contribution is 2.84. The Bertz CT molecular complexity index is 2320. The molecule has 0 aromatic carbocycles. The molecule has 10 atom stereocenters. The number of Topliss-reactive ketones (excluding diaryl/α,β-unsaturated/α-hetero) is 8. The van der Waals surface area contributed by atoms with E-state index >= 15 is 28.8 Å². The lowest BCUT2D eigenvalue weighted by molar-refractivity contribution is -0.323. The molecule has 4 aliphatic rings. The van der Waals surface area contributed by atoms with E-state index in [2.05, 4.69) is 0 Å². The second-order valence-corrected chi connectivity index (χ2v) is 20.8. The Morgan fingerprint density at radius 3 is 1.52 bits per heavy atom. The lowest BCUT2D eigenvalue weighted by Gasteiger charge is -2.78. The van der Waals surface area contributed by atoms with Crippen molar-refractivity contribution in [2.24, 2.45) is 50.2 Å². The number of carbonyl (C=O) groups is 12. The number of fused-ring (bicyclic) bond motifs is 5. The van der Waals surface area contributed by atoms with Crippen molar-refractivity contribution in [2.45, 2.75) is 173 Å². The first-order valence-corrected chi connectivity index (χ1v) is 22.8. The summed E-state index contributed by atoms with van der Waals surface area (Å²) in [5.41, 5.74) is -19.1. The molecule has 4 rings (SSSR count). The fourth-order valence-electron chi connectivity index (χ4n) is 15.8. The molecule has 0 aromatic heterocycles. The van der Waals surface area contributed by atoms with Crippen LogP contribution in [0.3, 0.4) is 0 Å². The molecule has 4 aliphatic carbocycles. The Labute approximate surface area is 392 Å². The third-order valence-electron chi connectivity index (χ3n) is 17.2. The number of aliphatic hydroxyl groups is 1. The molecule has 368 valence electrons. The van der Waals surface area contributed by atoms with E-state index in [0.717, 1.165) is 74.8 Å². The summed E-state index contributed by atoms with van der Waals surface area (Å²) in [4.78, 5) is 173. The van der Waals surface area contributed by atoms with Crippen LogP contribution < -0.4 is 0 Å². The van der Waals surface area contributed by atoms with Gasteiger partial charge in [-0.15, -0.1) is 0 Å². The molecule has 0 radical (unpaired) electrons. The van der Waals surface area contributed by atoms with Gasteiger partial charge in [-0.25, -0.2) is 4.79 Å². The van der Waals surface area contributed by atoms with Gasteiger partial charge in [0.1, 0.15) is 40.1 Å². The van der Waals surface area contributed by atoms with E-state index < -0.39 is 151 Å². The third kappa shape index (κ3) is 6.90. The third-order valence-corrected chi connectivity index (χ3v) is 17.2. The maximum atomic E-state index is 15.4. The zero-order chi connectivity index (χ0) is 51.7. The summed E-state index contributed by atoms with van der Waals surface area (Å²) in [6, 6.07) is 0. The summed E-state index contributed by atoms with van der Waals surface area (Å²) in [6.45, 7) is 19.3. The van der Waals surface area contributed by atoms with E-state index in [0.29, 0.717) is 0 Å². The number of aliphatic hydroxyl groups excluding tert-OH is 1. The summed E-state index contributed by atoms with van der Waals surface area (Å²) in [5, 5.41) is 13.3. The van der Waals surface area contributed by atoms with E-state index in [1.807, 2.05) is 19.9 Å². The molecule has 1 N–H and O–H groups in total. The van der Waals surface area contributed by atoms with Crippen LogP contribution in [0.15, 0.2) is 22.8 Å². The highest BCUT2D eigenvalue weighted by molar-refractivity contribution is 6.25. The van der Waals surface area contributed by atoms with Gasteiger partial charge >= 0.3 is 23.9 Å². The lowest BCUT2D eigenvalue weighted by Crippen LogP contribution is -2.90. The number of hydrogen-bond acceptors (Lipinski definition) is 16. The van der Waals surface area contributed by atoms with Crippen LogP contribution in [0, 0.1) is 50.2 Å². The van der Waals surface area contributed by atoms with Crippen molar-refractivity contribution in [1.82, 2.24) is 0 Å². The molecule has 0 saturated heterocycles. The summed E-state index contributed by atoms with van der Waals surface area (Å²) in [6.07, 6.45) is -1.87. The highest BCUT2D eigenvalue weighted by Gasteiger charge is 2.94. The molecule has 0 aromatic rings. The van der Waals surface area contributed by atoms with Crippen LogP contribution in [0.4, 0.5) is 0 Å². The second kappa shape index (κ2) is 17.8. The Morgan fingerprint density at radius 1 is 0.627 bits per heavy atom. The molecule has 4 fully saturated rings. The smallest absolute Gasteiger partial charge is 0.341 e. The van der Waals surface area contributed by atoms with E-state index in [1.165, 1.54) is 13.8 Å². The van der Waals surface area contributed by atoms with E-state index in [4.69, 9.17) is 14.2 Å². The number of carbonyl (C=O) groups excluding carboxylic acids is 12. The number of allylic oxidation sites excluding steroid dienone is 2. The average molecular weight is 937 g/mol. The SMILES string of the molecule is CC(=O)C[C@@]1(C(C)=O)[C@@H]2CC[C@@]3(C)[C@H]([C@H](O)C[C@@H]4/C(=C(/CCC=C(C)C)C(=O)OC(C)=O)[C@](OC(C)=O)(C(C)=O)C[C@@]43C)[C@@]2(C)C(C(C)=O)(C(C)=O)C(C(C)=O)(C(C)=O)[C@]1(OC(C)=O)C(C)=O. The Morgan fingerprint density at radius 2 is 1.13 bits per heavy atom. The largest absolute Gasteiger partial charge is 0.448 e. The molecule has 16 nitrogen and oxygen atoms in total. The van der Waals surface area contributed by atoms with E-state index in [1.54, 1.807) is 13.8 Å². The van der Waals surface area contributed by atoms with Gasteiger partial charge in [-0.05, 0) is 141 Å². The van der Waals surface area contributed by atoms with Crippen LogP contribution in [-0.2, 0) is 71.7 Å². The molecule has 0 amide bonds. The standard InChI is InChI=1S/C51H68O16/c1-25(2)18-17-19-37(43(64)65-34(11)60)41-38-22-39(63)42-44(14,45(38,15)24-48(41,28(5)54)66-35(12)61)21-20-40-46(42,16)49(29(6)55,30(7)56)50(31(8)57,32(9)58)51(33(10)59,67-36(13)62)47(40,27(4)53)23-26(3)52/h18,38-40,42,63H,17,19-24H2,1-16H3/b41-37+/t38-,39-,40-,42+,44+,45+,46+,47-,48-,51+/m1/s1. The van der Waals surface area contributed by atoms with Crippen LogP contribution in [0.2, 0.25) is 0 Å². The molecule has 0 aliphatic heterocycles. The number of hydrogen-bond donors (Lipinski definition) is 1. The van der Waals surface area contributed by atoms with Crippen molar-refractivity contribution in [3.05, 3.63) is 22.8 Å². The van der Waals surface area contributed by atoms with Crippen molar-refractivity contribution >= 4 is 70.1 Å². The van der Waals surface area contributed by atoms with Gasteiger partial charge in [-0.3, -0.25) is 52.7 Å². The summed E-state index contributed by atoms with van der Waals surface area (Å²) in [5.74, 6) is -16.9. The Kier molecular flexibility index (Phi) is 14.4. The van der Waals surface area contributed by atoms with Gasteiger partial charge in [-0.1, -0.05) is 32.4 Å². The van der Waals surface area contributed by atoms with Gasteiger partial charge in [0.15, 0.2) is 22.6 Å². The predicted octanol–water partition coefficient (Wildman–Crippen LogP) is 5.63. The van der Waals surface area contributed by atoms with Gasteiger partial charge in [0.05, 0.1) is 11.5 Å². The monoisotopic (exact) mass is 936 g/mol. The highest BCUT2D eigenvalue weighted by atomic mass is 16.6. The minimum absolute atomic E-state index is 0.00733. The molecule has 0 spiro atoms. The molecule has 0 unspecified atom stereocenters. The summed E-state index contributed by atoms with van der Waals surface area (Å²) in [7, 11) is 0. The zero-order valence-corrected chi connectivity index (χ0v) is 41.9. The fraction of sp³-hybridized carbons (Fsp3) is 0.686. The minimum Gasteiger partial charge on any atom is -0.448 e. The number of rotatable bonds is 15. The number of ketones is 8. The molecule has 16 heteroatoms. The van der Waals surface area contributed by atoms with Crippen LogP contribution in [0.1, 0.15) is 156 Å². The fourth-order valence-corrected chi connectivity index (χ4v) is 15.8. The van der Waals surface area contributed by atoms with Gasteiger partial charge in [-0.2, -0.15) is 0 Å². The van der Waals surface area contributed by atoms with Crippen LogP contribution in [0.25, 0.3) is 0 Å². The van der Waals surface area contributed by atoms with Crippen molar-refractivity contribution in [3.63, 3.8) is 0 Å². The normalized spacial score (nSPS) is 35.2. The first-order chi connectivity index (χ1) is 30.6. The quantitative estimate of drug-likeness (QED) is 0.0687. The Balaban J connectivity index is 2.43. The van der Waals surface area contributed by atoms with Gasteiger partial charge in [0, 0.05) is 39.2 Å². The Hall–Kier alpha value is -5.12. The summed E-state index contributed by atoms with van der Waals surface area (Å²) < 4.78 is 17.4. The molecule has 67 heavy (non-hydrogen) atoms. The van der Waals surface area contributed by atoms with E-state index in [9.17, 15) is 33.9 Å². The maximum Gasteiger partial charge on any atom is 0.341 e. The average Bonchev–Trinajstić information content (AvgIpc) is 3.40. The predicted molar refractivity (Wildman–Crippen MR) is 238 cm³/mol.